The van der Waals surface area contributed by atoms with E-state index in [4.69, 9.17) is 15.3 Å². The third kappa shape index (κ3) is 5.40. The van der Waals surface area contributed by atoms with Gasteiger partial charge in [-0.2, -0.15) is 0 Å². The molecule has 1 rings (SSSR count). The van der Waals surface area contributed by atoms with Crippen LogP contribution in [0.3, 0.4) is 0 Å². The van der Waals surface area contributed by atoms with Gasteiger partial charge in [-0.05, 0) is 12.3 Å². The summed E-state index contributed by atoms with van der Waals surface area (Å²) in [5.74, 6) is 7.17. The van der Waals surface area contributed by atoms with Crippen LogP contribution in [0.25, 0.3) is 0 Å². The zero-order valence-electron chi connectivity index (χ0n) is 12.0. The van der Waals surface area contributed by atoms with E-state index in [1.807, 2.05) is 0 Å². The van der Waals surface area contributed by atoms with Crippen molar-refractivity contribution in [3.8, 4) is 5.88 Å². The average Bonchev–Trinajstić information content (AvgIpc) is 2.39. The Morgan fingerprint density at radius 2 is 2.11 bits per heavy atom. The van der Waals surface area contributed by atoms with Crippen molar-refractivity contribution in [2.45, 2.75) is 33.6 Å². The molecule has 0 saturated heterocycles. The van der Waals surface area contributed by atoms with Crippen molar-refractivity contribution in [1.29, 1.82) is 0 Å². The minimum atomic E-state index is 0.477. The first-order chi connectivity index (χ1) is 9.19. The largest absolute Gasteiger partial charge is 0.475 e. The summed E-state index contributed by atoms with van der Waals surface area (Å²) in [6.45, 7) is 8.09. The number of hydrazine groups is 1. The predicted molar refractivity (Wildman–Crippen MR) is 75.0 cm³/mol. The highest BCUT2D eigenvalue weighted by Gasteiger charge is 2.11. The zero-order chi connectivity index (χ0) is 14.1. The van der Waals surface area contributed by atoms with E-state index >= 15 is 0 Å². The Morgan fingerprint density at radius 3 is 2.74 bits per heavy atom. The molecule has 6 nitrogen and oxygen atoms in total. The maximum atomic E-state index is 5.64. The van der Waals surface area contributed by atoms with Gasteiger partial charge in [0.25, 0.3) is 0 Å². The Balaban J connectivity index is 2.52. The van der Waals surface area contributed by atoms with Gasteiger partial charge in [-0.3, -0.25) is 0 Å². The number of ether oxygens (including phenoxy) is 2. The third-order valence-electron chi connectivity index (χ3n) is 2.46. The minimum absolute atomic E-state index is 0.477. The van der Waals surface area contributed by atoms with Crippen LogP contribution in [0.2, 0.25) is 0 Å². The Labute approximate surface area is 114 Å². The highest BCUT2D eigenvalue weighted by Crippen LogP contribution is 2.22. The van der Waals surface area contributed by atoms with Gasteiger partial charge in [0.1, 0.15) is 18.8 Å². The Morgan fingerprint density at radius 1 is 1.32 bits per heavy atom. The van der Waals surface area contributed by atoms with Crippen LogP contribution in [0.15, 0.2) is 6.33 Å². The van der Waals surface area contributed by atoms with Crippen molar-refractivity contribution in [2.75, 3.05) is 25.2 Å². The SMILES string of the molecule is CCCc1c(NN)ncnc1OCCOCC(C)C. The Hall–Kier alpha value is -1.40. The molecule has 0 aliphatic carbocycles. The molecule has 0 atom stereocenters. The quantitative estimate of drug-likeness (QED) is 0.403. The molecule has 0 aromatic carbocycles. The molecule has 0 spiro atoms. The second-order valence-electron chi connectivity index (χ2n) is 4.72. The summed E-state index contributed by atoms with van der Waals surface area (Å²) >= 11 is 0. The fourth-order valence-electron chi connectivity index (χ4n) is 1.64. The van der Waals surface area contributed by atoms with E-state index in [2.05, 4.69) is 36.2 Å². The first kappa shape index (κ1) is 15.7. The number of nitrogens with zero attached hydrogens (tertiary/aromatic N) is 2. The van der Waals surface area contributed by atoms with Gasteiger partial charge in [0.05, 0.1) is 12.2 Å². The van der Waals surface area contributed by atoms with Crippen LogP contribution in [0.5, 0.6) is 5.88 Å². The normalized spacial score (nSPS) is 10.8. The zero-order valence-corrected chi connectivity index (χ0v) is 12.0. The van der Waals surface area contributed by atoms with Crippen molar-refractivity contribution < 1.29 is 9.47 Å². The van der Waals surface area contributed by atoms with Gasteiger partial charge in [-0.15, -0.1) is 0 Å². The molecular formula is C13H24N4O2. The molecule has 1 aromatic heterocycles. The second-order valence-corrected chi connectivity index (χ2v) is 4.72. The molecule has 1 heterocycles. The lowest BCUT2D eigenvalue weighted by Crippen LogP contribution is -2.15. The van der Waals surface area contributed by atoms with E-state index < -0.39 is 0 Å². The van der Waals surface area contributed by atoms with Crippen LogP contribution in [-0.2, 0) is 11.2 Å². The number of hydrogen-bond acceptors (Lipinski definition) is 6. The van der Waals surface area contributed by atoms with Crippen molar-refractivity contribution >= 4 is 5.82 Å². The molecule has 0 saturated carbocycles. The van der Waals surface area contributed by atoms with Crippen LogP contribution in [0.4, 0.5) is 5.82 Å². The van der Waals surface area contributed by atoms with Crippen LogP contribution in [0, 0.1) is 5.92 Å². The van der Waals surface area contributed by atoms with Gasteiger partial charge in [0, 0.05) is 6.61 Å². The number of nitrogen functional groups attached to an aromatic ring is 1. The second kappa shape index (κ2) is 8.66. The van der Waals surface area contributed by atoms with Crippen LogP contribution in [0.1, 0.15) is 32.8 Å². The van der Waals surface area contributed by atoms with Gasteiger partial charge < -0.3 is 14.9 Å². The van der Waals surface area contributed by atoms with E-state index in [0.29, 0.717) is 30.8 Å². The lowest BCUT2D eigenvalue weighted by molar-refractivity contribution is 0.0803. The highest BCUT2D eigenvalue weighted by molar-refractivity contribution is 5.47. The maximum absolute atomic E-state index is 5.64. The summed E-state index contributed by atoms with van der Waals surface area (Å²) in [4.78, 5) is 8.24. The predicted octanol–water partition coefficient (Wildman–Crippen LogP) is 1.77. The monoisotopic (exact) mass is 268 g/mol. The first-order valence-electron chi connectivity index (χ1n) is 6.70. The molecule has 19 heavy (non-hydrogen) atoms. The molecule has 0 fully saturated rings. The van der Waals surface area contributed by atoms with Crippen molar-refractivity contribution in [3.05, 3.63) is 11.9 Å². The van der Waals surface area contributed by atoms with Crippen LogP contribution >= 0.6 is 0 Å². The van der Waals surface area contributed by atoms with E-state index in [1.54, 1.807) is 0 Å². The average molecular weight is 268 g/mol. The van der Waals surface area contributed by atoms with Crippen molar-refractivity contribution in [2.24, 2.45) is 11.8 Å². The topological polar surface area (TPSA) is 82.3 Å². The molecule has 0 amide bonds. The smallest absolute Gasteiger partial charge is 0.221 e. The summed E-state index contributed by atoms with van der Waals surface area (Å²) in [7, 11) is 0. The summed E-state index contributed by atoms with van der Waals surface area (Å²) in [5, 5.41) is 0. The van der Waals surface area contributed by atoms with Crippen LogP contribution < -0.4 is 16.0 Å². The molecule has 0 aliphatic rings. The summed E-state index contributed by atoms with van der Waals surface area (Å²) in [6, 6.07) is 0. The molecule has 1 aromatic rings. The molecule has 6 heteroatoms. The number of hydrogen-bond donors (Lipinski definition) is 2. The number of rotatable bonds is 9. The molecular weight excluding hydrogens is 244 g/mol. The van der Waals surface area contributed by atoms with E-state index in [9.17, 15) is 0 Å². The number of nitrogens with one attached hydrogen (secondary N) is 1. The number of nitrogens with two attached hydrogens (primary N) is 1. The highest BCUT2D eigenvalue weighted by atomic mass is 16.5. The molecule has 3 N–H and O–H groups in total. The lowest BCUT2D eigenvalue weighted by Gasteiger charge is -2.13. The van der Waals surface area contributed by atoms with Gasteiger partial charge in [0.15, 0.2) is 0 Å². The lowest BCUT2D eigenvalue weighted by atomic mass is 10.2. The summed E-state index contributed by atoms with van der Waals surface area (Å²) in [5.41, 5.74) is 3.49. The molecule has 108 valence electrons. The molecule has 0 unspecified atom stereocenters. The van der Waals surface area contributed by atoms with Gasteiger partial charge in [-0.25, -0.2) is 15.8 Å². The first-order valence-corrected chi connectivity index (χ1v) is 6.70. The van der Waals surface area contributed by atoms with E-state index in [1.165, 1.54) is 6.33 Å². The number of anilines is 1. The van der Waals surface area contributed by atoms with E-state index in [0.717, 1.165) is 25.0 Å². The Bertz CT molecular complexity index is 372. The minimum Gasteiger partial charge on any atom is -0.475 e. The fourth-order valence-corrected chi connectivity index (χ4v) is 1.64. The van der Waals surface area contributed by atoms with Gasteiger partial charge in [-0.1, -0.05) is 27.2 Å². The Kier molecular flexibility index (Phi) is 7.14. The van der Waals surface area contributed by atoms with Crippen molar-refractivity contribution in [1.82, 2.24) is 9.97 Å². The van der Waals surface area contributed by atoms with Gasteiger partial charge in [0.2, 0.25) is 5.88 Å². The van der Waals surface area contributed by atoms with E-state index in [-0.39, 0.29) is 0 Å². The molecule has 0 aliphatic heterocycles. The van der Waals surface area contributed by atoms with Gasteiger partial charge >= 0.3 is 0 Å². The standard InChI is InChI=1S/C13H24N4O2/c1-4-5-11-12(17-14)15-9-16-13(11)19-7-6-18-8-10(2)3/h9-10H,4-8,14H2,1-3H3,(H,15,16,17). The van der Waals surface area contributed by atoms with Crippen LogP contribution in [-0.4, -0.2) is 29.8 Å². The number of aromatic nitrogens is 2. The third-order valence-corrected chi connectivity index (χ3v) is 2.46. The molecule has 0 radical (unpaired) electrons. The van der Waals surface area contributed by atoms with Crippen molar-refractivity contribution in [3.63, 3.8) is 0 Å². The summed E-state index contributed by atoms with van der Waals surface area (Å²) in [6.07, 6.45) is 3.24. The fraction of sp³-hybridized carbons (Fsp3) is 0.692. The summed E-state index contributed by atoms with van der Waals surface area (Å²) < 4.78 is 11.1. The molecule has 0 bridgehead atoms. The maximum Gasteiger partial charge on any atom is 0.221 e.